The zero-order chi connectivity index (χ0) is 42.9. The number of cyclic esters (lactones) is 1. The lowest BCUT2D eigenvalue weighted by Crippen LogP contribution is -2.59. The fraction of sp³-hybridized carbons (Fsp3) is 0.525. The largest absolute Gasteiger partial charge is 0.496 e. The number of hydrogen-bond acceptors (Lipinski definition) is 13. The first-order valence-electron chi connectivity index (χ1n) is 20.0. The number of nitrogens with zero attached hydrogens (tertiary/aromatic N) is 3. The van der Waals surface area contributed by atoms with Gasteiger partial charge in [0.2, 0.25) is 21.8 Å². The summed E-state index contributed by atoms with van der Waals surface area (Å²) >= 11 is 1.08. The highest BCUT2D eigenvalue weighted by Gasteiger charge is 2.62. The van der Waals surface area contributed by atoms with Crippen molar-refractivity contribution in [3.8, 4) is 22.9 Å². The zero-order valence-electron chi connectivity index (χ0n) is 33.5. The Hall–Kier alpha value is -5.50. The molecule has 5 amide bonds. The van der Waals surface area contributed by atoms with Crippen molar-refractivity contribution in [1.82, 2.24) is 30.2 Å². The molecule has 4 heterocycles. The van der Waals surface area contributed by atoms with Crippen LogP contribution in [0.1, 0.15) is 70.8 Å². The van der Waals surface area contributed by atoms with Gasteiger partial charge in [-0.25, -0.2) is 28.0 Å². The van der Waals surface area contributed by atoms with E-state index in [0.717, 1.165) is 36.2 Å². The maximum absolute atomic E-state index is 14.5. The normalized spacial score (nSPS) is 24.9. The van der Waals surface area contributed by atoms with Gasteiger partial charge in [-0.3, -0.25) is 24.4 Å². The van der Waals surface area contributed by atoms with Gasteiger partial charge in [-0.1, -0.05) is 32.8 Å². The minimum Gasteiger partial charge on any atom is -0.496 e. The van der Waals surface area contributed by atoms with Gasteiger partial charge in [-0.05, 0) is 56.1 Å². The smallest absolute Gasteiger partial charge is 0.410 e. The first kappa shape index (κ1) is 42.6. The Kier molecular flexibility index (Phi) is 12.2. The summed E-state index contributed by atoms with van der Waals surface area (Å²) < 4.78 is 45.7. The van der Waals surface area contributed by atoms with Crippen LogP contribution < -0.4 is 30.1 Å². The molecule has 2 aliphatic heterocycles. The number of thiazole rings is 1. The van der Waals surface area contributed by atoms with Crippen LogP contribution in [0.25, 0.3) is 22.3 Å². The number of fused-ring (bicyclic) bond motifs is 3. The molecule has 0 unspecified atom stereocenters. The number of benzene rings is 1. The number of aromatic nitrogens is 2. The Morgan fingerprint density at radius 3 is 2.57 bits per heavy atom. The Balaban J connectivity index is 1.27. The number of anilines is 1. The first-order valence-corrected chi connectivity index (χ1v) is 22.4. The molecule has 2 saturated carbocycles. The van der Waals surface area contributed by atoms with Gasteiger partial charge in [0.25, 0.3) is 5.91 Å². The zero-order valence-corrected chi connectivity index (χ0v) is 35.2. The highest BCUT2D eigenvalue weighted by molar-refractivity contribution is 7.91. The molecule has 3 aromatic rings. The number of aryl methyl sites for hydroxylation is 1. The summed E-state index contributed by atoms with van der Waals surface area (Å²) in [6.07, 6.45) is 3.25. The monoisotopic (exact) mass is 867 g/mol. The van der Waals surface area contributed by atoms with Gasteiger partial charge in [-0.15, -0.1) is 17.9 Å². The van der Waals surface area contributed by atoms with Gasteiger partial charge in [0, 0.05) is 35.2 Å². The molecule has 1 saturated heterocycles. The topological polar surface area (TPSA) is 245 Å². The molecule has 2 aromatic heterocycles. The number of rotatable bonds is 10. The lowest BCUT2D eigenvalue weighted by molar-refractivity contribution is -0.141. The third-order valence-electron chi connectivity index (χ3n) is 11.3. The van der Waals surface area contributed by atoms with Crippen LogP contribution >= 0.6 is 11.3 Å². The quantitative estimate of drug-likeness (QED) is 0.178. The minimum atomic E-state index is -3.94. The van der Waals surface area contributed by atoms with E-state index in [-0.39, 0.29) is 31.1 Å². The molecule has 3 fully saturated rings. The van der Waals surface area contributed by atoms with E-state index in [2.05, 4.69) is 32.2 Å². The van der Waals surface area contributed by atoms with Gasteiger partial charge in [-0.2, -0.15) is 0 Å². The minimum absolute atomic E-state index is 0.0464. The summed E-state index contributed by atoms with van der Waals surface area (Å²) in [7, 11) is -2.38. The van der Waals surface area contributed by atoms with Crippen molar-refractivity contribution in [2.24, 2.45) is 11.8 Å². The van der Waals surface area contributed by atoms with Crippen LogP contribution in [0.5, 0.6) is 11.5 Å². The average Bonchev–Trinajstić information content (AvgIpc) is 4.09. The highest BCUT2D eigenvalue weighted by Crippen LogP contribution is 2.46. The second-order valence-electron chi connectivity index (χ2n) is 16.0. The Labute approximate surface area is 350 Å². The van der Waals surface area contributed by atoms with Gasteiger partial charge in [0.15, 0.2) is 5.13 Å². The third kappa shape index (κ3) is 9.13. The summed E-state index contributed by atoms with van der Waals surface area (Å²) in [5, 5.41) is 18.7. The fourth-order valence-corrected chi connectivity index (χ4v) is 9.85. The Morgan fingerprint density at radius 2 is 1.88 bits per heavy atom. The van der Waals surface area contributed by atoms with Crippen LogP contribution in [0.2, 0.25) is 0 Å². The second-order valence-corrected chi connectivity index (χ2v) is 18.8. The predicted octanol–water partition coefficient (Wildman–Crippen LogP) is 4.34. The predicted molar refractivity (Wildman–Crippen MR) is 220 cm³/mol. The van der Waals surface area contributed by atoms with Crippen molar-refractivity contribution in [3.05, 3.63) is 41.8 Å². The molecule has 1 aromatic carbocycles. The molecular weight excluding hydrogens is 819 g/mol. The number of carbonyl (C=O) groups excluding carboxylic acids is 4. The van der Waals surface area contributed by atoms with E-state index in [1.165, 1.54) is 11.0 Å². The molecule has 4 bridgehead atoms. The molecule has 5 atom stereocenters. The Bertz CT molecular complexity index is 2310. The molecular formula is C40H49N7O11S2. The fourth-order valence-electron chi connectivity index (χ4n) is 7.79. The standard InChI is InChI=1S/C40H49N7O11S2/c1-5-23-18-40(23,36(50)46-60(54,55)25-11-12-25)45-34(48)30-15-24-19-47(30)35(49)33(21(2)3)43-39(53)57-13-9-7-6-8-10-22-14-26-27(16-31(22)56-4)41-28(17-32(26)58-24)29-20-59-37(42-29)44-38(51)52/h5,14,16-17,20-21,23-25,30,33H,1,6-13,15,18-19H2,2-4H3,(H,42,44)(H,43,53)(H,45,48)(H,46,50)(H,51,52)/t23-,24+,30-,33-,40+/m0/s1. The van der Waals surface area contributed by atoms with Crippen molar-refractivity contribution in [3.63, 3.8) is 0 Å². The van der Waals surface area contributed by atoms with Gasteiger partial charge >= 0.3 is 12.2 Å². The number of hydrogen-bond donors (Lipinski definition) is 5. The maximum atomic E-state index is 14.5. The van der Waals surface area contributed by atoms with Gasteiger partial charge in [0.1, 0.15) is 40.9 Å². The van der Waals surface area contributed by atoms with E-state index in [9.17, 15) is 37.5 Å². The number of sulfonamides is 1. The average molecular weight is 868 g/mol. The molecule has 322 valence electrons. The lowest BCUT2D eigenvalue weighted by Gasteiger charge is -2.31. The molecule has 18 nitrogen and oxygen atoms in total. The molecule has 4 aliphatic rings. The molecule has 0 spiro atoms. The number of methoxy groups -OCH3 is 1. The maximum Gasteiger partial charge on any atom is 0.410 e. The van der Waals surface area contributed by atoms with E-state index in [1.807, 2.05) is 6.07 Å². The molecule has 7 rings (SSSR count). The van der Waals surface area contributed by atoms with E-state index >= 15 is 0 Å². The number of carbonyl (C=O) groups is 5. The number of nitrogens with one attached hydrogen (secondary N) is 4. The van der Waals surface area contributed by atoms with Gasteiger partial charge < -0.3 is 34.9 Å². The van der Waals surface area contributed by atoms with Crippen LogP contribution in [-0.2, 0) is 35.6 Å². The summed E-state index contributed by atoms with van der Waals surface area (Å²) in [6.45, 7) is 7.32. The summed E-state index contributed by atoms with van der Waals surface area (Å²) in [5.41, 5.74) is 0.519. The van der Waals surface area contributed by atoms with E-state index < -0.39 is 80.7 Å². The van der Waals surface area contributed by atoms with Crippen molar-refractivity contribution >= 4 is 67.3 Å². The van der Waals surface area contributed by atoms with Crippen LogP contribution in [0.15, 0.2) is 36.2 Å². The lowest BCUT2D eigenvalue weighted by atomic mass is 10.0. The number of alkyl carbamates (subject to hydrolysis) is 1. The van der Waals surface area contributed by atoms with E-state index in [1.54, 1.807) is 38.5 Å². The SMILES string of the molecule is C=C[C@H]1C[C@]1(NC(=O)[C@@H]1C[C@@H]2CN1C(=O)[C@H](C(C)C)NC(=O)OCCCCCCc1cc3c(cc(-c4csc(NC(=O)O)n4)nc3cc1OC)O2)C(=O)NS(=O)(=O)C1CC1. The first-order chi connectivity index (χ1) is 28.6. The summed E-state index contributed by atoms with van der Waals surface area (Å²) in [4.78, 5) is 77.5. The molecule has 5 N–H and O–H groups in total. The summed E-state index contributed by atoms with van der Waals surface area (Å²) in [6, 6.07) is 3.10. The van der Waals surface area contributed by atoms with E-state index in [4.69, 9.17) is 19.2 Å². The van der Waals surface area contributed by atoms with Crippen molar-refractivity contribution in [1.29, 1.82) is 0 Å². The highest BCUT2D eigenvalue weighted by atomic mass is 32.2. The molecule has 0 radical (unpaired) electrons. The van der Waals surface area contributed by atoms with Crippen molar-refractivity contribution in [2.45, 2.75) is 101 Å². The van der Waals surface area contributed by atoms with E-state index in [0.29, 0.717) is 59.5 Å². The van der Waals surface area contributed by atoms with Crippen molar-refractivity contribution in [2.75, 3.05) is 25.6 Å². The number of ether oxygens (including phenoxy) is 3. The number of pyridine rings is 1. The molecule has 2 aliphatic carbocycles. The third-order valence-corrected chi connectivity index (χ3v) is 13.9. The van der Waals surface area contributed by atoms with Crippen molar-refractivity contribution < 1.29 is 51.7 Å². The summed E-state index contributed by atoms with van der Waals surface area (Å²) in [5.74, 6) is -2.20. The molecule has 60 heavy (non-hydrogen) atoms. The van der Waals surface area contributed by atoms with Gasteiger partial charge in [0.05, 0.1) is 36.7 Å². The Morgan fingerprint density at radius 1 is 1.12 bits per heavy atom. The van der Waals surface area contributed by atoms with Crippen LogP contribution in [0.3, 0.4) is 0 Å². The second kappa shape index (κ2) is 17.2. The molecule has 20 heteroatoms. The van der Waals surface area contributed by atoms with Crippen LogP contribution in [-0.4, -0.2) is 108 Å². The van der Waals surface area contributed by atoms with Crippen LogP contribution in [0, 0.1) is 11.8 Å². The number of amides is 5. The van der Waals surface area contributed by atoms with Crippen LogP contribution in [0.4, 0.5) is 14.7 Å². The number of carboxylic acid groups (broad SMARTS) is 1.